The lowest BCUT2D eigenvalue weighted by Gasteiger charge is -2.02. The average molecular weight is 207 g/mol. The van der Waals surface area contributed by atoms with E-state index in [4.69, 9.17) is 11.6 Å². The fourth-order valence-electron chi connectivity index (χ4n) is 1.36. The third-order valence-electron chi connectivity index (χ3n) is 2.24. The minimum Gasteiger partial charge on any atom is -0.318 e. The first-order valence-electron chi connectivity index (χ1n) is 4.43. The van der Waals surface area contributed by atoms with Gasteiger partial charge >= 0.3 is 0 Å². The van der Waals surface area contributed by atoms with Crippen LogP contribution in [0.2, 0.25) is 5.15 Å². The molecule has 0 unspecified atom stereocenters. The number of nitrogens with zero attached hydrogens (tertiary/aromatic N) is 2. The van der Waals surface area contributed by atoms with E-state index in [2.05, 4.69) is 24.0 Å². The Kier molecular flexibility index (Phi) is 2.30. The largest absolute Gasteiger partial charge is 0.318 e. The summed E-state index contributed by atoms with van der Waals surface area (Å²) >= 11 is 5.91. The standard InChI is InChI=1S/C11H11ClN2/c1-8-3-5-9(6-4-8)11-13-7-10(12)14(11)2/h3-7H,1-2H3. The minimum atomic E-state index is 0.653. The Hall–Kier alpha value is -1.28. The Morgan fingerprint density at radius 2 is 1.86 bits per heavy atom. The van der Waals surface area contributed by atoms with Crippen molar-refractivity contribution in [3.05, 3.63) is 41.2 Å². The molecule has 2 rings (SSSR count). The quantitative estimate of drug-likeness (QED) is 0.701. The van der Waals surface area contributed by atoms with Crippen LogP contribution in [0.4, 0.5) is 0 Å². The van der Waals surface area contributed by atoms with Crippen LogP contribution in [0, 0.1) is 6.92 Å². The number of imidazole rings is 1. The molecule has 0 aliphatic rings. The molecule has 2 aromatic rings. The fourth-order valence-corrected chi connectivity index (χ4v) is 1.49. The average Bonchev–Trinajstić information content (AvgIpc) is 2.50. The number of hydrogen-bond acceptors (Lipinski definition) is 1. The van der Waals surface area contributed by atoms with Crippen LogP contribution in [0.15, 0.2) is 30.5 Å². The van der Waals surface area contributed by atoms with E-state index >= 15 is 0 Å². The summed E-state index contributed by atoms with van der Waals surface area (Å²) in [6.45, 7) is 2.06. The molecule has 0 aliphatic carbocycles. The van der Waals surface area contributed by atoms with E-state index in [1.54, 1.807) is 6.20 Å². The van der Waals surface area contributed by atoms with Gasteiger partial charge in [-0.2, -0.15) is 0 Å². The SMILES string of the molecule is Cc1ccc(-c2ncc(Cl)n2C)cc1. The van der Waals surface area contributed by atoms with Crippen molar-refractivity contribution >= 4 is 11.6 Å². The number of aromatic nitrogens is 2. The van der Waals surface area contributed by atoms with Gasteiger partial charge in [0.2, 0.25) is 0 Å². The van der Waals surface area contributed by atoms with Crippen molar-refractivity contribution in [2.75, 3.05) is 0 Å². The predicted molar refractivity (Wildman–Crippen MR) is 58.4 cm³/mol. The lowest BCUT2D eigenvalue weighted by molar-refractivity contribution is 0.925. The smallest absolute Gasteiger partial charge is 0.140 e. The summed E-state index contributed by atoms with van der Waals surface area (Å²) in [6.07, 6.45) is 1.66. The van der Waals surface area contributed by atoms with Gasteiger partial charge in [-0.3, -0.25) is 0 Å². The van der Waals surface area contributed by atoms with Crippen LogP contribution < -0.4 is 0 Å². The van der Waals surface area contributed by atoms with E-state index in [9.17, 15) is 0 Å². The predicted octanol–water partition coefficient (Wildman–Crippen LogP) is 3.05. The summed E-state index contributed by atoms with van der Waals surface area (Å²) in [5.41, 5.74) is 2.33. The molecule has 1 aromatic carbocycles. The Morgan fingerprint density at radius 3 is 2.36 bits per heavy atom. The molecule has 0 saturated carbocycles. The van der Waals surface area contributed by atoms with Crippen molar-refractivity contribution in [3.63, 3.8) is 0 Å². The summed E-state index contributed by atoms with van der Waals surface area (Å²) in [7, 11) is 1.91. The molecule has 0 aliphatic heterocycles. The van der Waals surface area contributed by atoms with Crippen molar-refractivity contribution < 1.29 is 0 Å². The van der Waals surface area contributed by atoms with Crippen molar-refractivity contribution in [2.24, 2.45) is 7.05 Å². The number of rotatable bonds is 1. The van der Waals surface area contributed by atoms with Gasteiger partial charge in [-0.05, 0) is 6.92 Å². The number of hydrogen-bond donors (Lipinski definition) is 0. The van der Waals surface area contributed by atoms with Gasteiger partial charge in [0.05, 0.1) is 6.20 Å². The van der Waals surface area contributed by atoms with Crippen molar-refractivity contribution in [1.29, 1.82) is 0 Å². The second kappa shape index (κ2) is 3.46. The molecule has 0 bridgehead atoms. The molecule has 1 heterocycles. The first-order valence-corrected chi connectivity index (χ1v) is 4.80. The van der Waals surface area contributed by atoms with Crippen LogP contribution in [0.1, 0.15) is 5.56 Å². The zero-order valence-corrected chi connectivity index (χ0v) is 8.92. The maximum Gasteiger partial charge on any atom is 0.140 e. The Morgan fingerprint density at radius 1 is 1.21 bits per heavy atom. The molecule has 0 saturated heterocycles. The normalized spacial score (nSPS) is 10.5. The molecular weight excluding hydrogens is 196 g/mol. The molecular formula is C11H11ClN2. The summed E-state index contributed by atoms with van der Waals surface area (Å²) < 4.78 is 1.87. The topological polar surface area (TPSA) is 17.8 Å². The molecule has 72 valence electrons. The number of halogens is 1. The van der Waals surface area contributed by atoms with Gasteiger partial charge in [0, 0.05) is 12.6 Å². The first kappa shape index (κ1) is 9.28. The molecule has 1 aromatic heterocycles. The van der Waals surface area contributed by atoms with Crippen molar-refractivity contribution in [3.8, 4) is 11.4 Å². The third kappa shape index (κ3) is 1.53. The van der Waals surface area contributed by atoms with Gasteiger partial charge in [-0.1, -0.05) is 41.4 Å². The van der Waals surface area contributed by atoms with E-state index in [-0.39, 0.29) is 0 Å². The van der Waals surface area contributed by atoms with Gasteiger partial charge in [0.1, 0.15) is 11.0 Å². The second-order valence-electron chi connectivity index (χ2n) is 3.33. The maximum absolute atomic E-state index is 5.91. The van der Waals surface area contributed by atoms with Crippen molar-refractivity contribution in [2.45, 2.75) is 6.92 Å². The van der Waals surface area contributed by atoms with Gasteiger partial charge in [0.15, 0.2) is 0 Å². The second-order valence-corrected chi connectivity index (χ2v) is 3.72. The molecule has 0 spiro atoms. The van der Waals surface area contributed by atoms with Crippen LogP contribution in [0.5, 0.6) is 0 Å². The Balaban J connectivity index is 2.49. The van der Waals surface area contributed by atoms with Crippen LogP contribution >= 0.6 is 11.6 Å². The van der Waals surface area contributed by atoms with Gasteiger partial charge in [0.25, 0.3) is 0 Å². The van der Waals surface area contributed by atoms with E-state index in [0.29, 0.717) is 5.15 Å². The zero-order chi connectivity index (χ0) is 10.1. The Labute approximate surface area is 88.2 Å². The summed E-state index contributed by atoms with van der Waals surface area (Å²) in [4.78, 5) is 4.25. The van der Waals surface area contributed by atoms with Gasteiger partial charge < -0.3 is 4.57 Å². The fraction of sp³-hybridized carbons (Fsp3) is 0.182. The summed E-state index contributed by atoms with van der Waals surface area (Å²) in [6, 6.07) is 8.23. The lowest BCUT2D eigenvalue weighted by Crippen LogP contribution is -1.92. The molecule has 0 N–H and O–H groups in total. The van der Waals surface area contributed by atoms with E-state index in [1.165, 1.54) is 5.56 Å². The number of aryl methyl sites for hydroxylation is 1. The van der Waals surface area contributed by atoms with Crippen LogP contribution in [-0.2, 0) is 7.05 Å². The molecule has 14 heavy (non-hydrogen) atoms. The molecule has 0 radical (unpaired) electrons. The monoisotopic (exact) mass is 206 g/mol. The Bertz CT molecular complexity index is 443. The zero-order valence-electron chi connectivity index (χ0n) is 8.16. The molecule has 0 amide bonds. The van der Waals surface area contributed by atoms with Crippen LogP contribution in [0.3, 0.4) is 0 Å². The maximum atomic E-state index is 5.91. The van der Waals surface area contributed by atoms with Crippen LogP contribution in [0.25, 0.3) is 11.4 Å². The number of benzene rings is 1. The first-order chi connectivity index (χ1) is 6.68. The molecule has 3 heteroatoms. The third-order valence-corrected chi connectivity index (χ3v) is 2.59. The molecule has 0 atom stereocenters. The summed E-state index contributed by atoms with van der Waals surface area (Å²) in [5.74, 6) is 0.898. The van der Waals surface area contributed by atoms with E-state index in [0.717, 1.165) is 11.4 Å². The van der Waals surface area contributed by atoms with Gasteiger partial charge in [-0.15, -0.1) is 0 Å². The van der Waals surface area contributed by atoms with Crippen molar-refractivity contribution in [1.82, 2.24) is 9.55 Å². The van der Waals surface area contributed by atoms with Gasteiger partial charge in [-0.25, -0.2) is 4.98 Å². The van der Waals surface area contributed by atoms with E-state index < -0.39 is 0 Å². The van der Waals surface area contributed by atoms with Crippen LogP contribution in [-0.4, -0.2) is 9.55 Å². The van der Waals surface area contributed by atoms with E-state index in [1.807, 2.05) is 23.7 Å². The molecule has 0 fully saturated rings. The summed E-state index contributed by atoms with van der Waals surface area (Å²) in [5, 5.41) is 0.653. The highest BCUT2D eigenvalue weighted by molar-refractivity contribution is 6.29. The highest BCUT2D eigenvalue weighted by atomic mass is 35.5. The lowest BCUT2D eigenvalue weighted by atomic mass is 10.1. The highest BCUT2D eigenvalue weighted by Crippen LogP contribution is 2.20. The molecule has 2 nitrogen and oxygen atoms in total. The highest BCUT2D eigenvalue weighted by Gasteiger charge is 2.05. The minimum absolute atomic E-state index is 0.653.